The molecule has 0 unspecified atom stereocenters. The maximum atomic E-state index is 12.5. The highest BCUT2D eigenvalue weighted by molar-refractivity contribution is 7.12. The molecule has 0 aliphatic rings. The van der Waals surface area contributed by atoms with Gasteiger partial charge in [0.15, 0.2) is 0 Å². The SMILES string of the molecule is CCN(c1ccc(NC(=O)c2ccc(NC(=O)c3cccs3)cc2)cc1)C(C)C. The minimum Gasteiger partial charge on any atom is -0.369 e. The second-order valence-corrected chi connectivity index (χ2v) is 7.84. The van der Waals surface area contributed by atoms with Crippen LogP contribution < -0.4 is 15.5 Å². The van der Waals surface area contributed by atoms with Crippen LogP contribution in [-0.2, 0) is 0 Å². The molecule has 0 saturated heterocycles. The van der Waals surface area contributed by atoms with Gasteiger partial charge in [0, 0.05) is 35.2 Å². The molecule has 1 aromatic heterocycles. The van der Waals surface area contributed by atoms with E-state index in [0.29, 0.717) is 22.2 Å². The Balaban J connectivity index is 1.61. The zero-order valence-electron chi connectivity index (χ0n) is 16.8. The Morgan fingerprint density at radius 3 is 2.00 bits per heavy atom. The molecule has 0 spiro atoms. The first-order valence-corrected chi connectivity index (χ1v) is 10.5. The van der Waals surface area contributed by atoms with E-state index in [9.17, 15) is 9.59 Å². The number of rotatable bonds is 7. The molecule has 3 rings (SSSR count). The molecule has 29 heavy (non-hydrogen) atoms. The molecule has 2 amide bonds. The van der Waals surface area contributed by atoms with E-state index in [-0.39, 0.29) is 11.8 Å². The van der Waals surface area contributed by atoms with Gasteiger partial charge in [-0.2, -0.15) is 0 Å². The number of anilines is 3. The van der Waals surface area contributed by atoms with E-state index in [2.05, 4.69) is 36.3 Å². The van der Waals surface area contributed by atoms with Gasteiger partial charge in [-0.1, -0.05) is 6.07 Å². The smallest absolute Gasteiger partial charge is 0.265 e. The fourth-order valence-corrected chi connectivity index (χ4v) is 3.71. The highest BCUT2D eigenvalue weighted by atomic mass is 32.1. The summed E-state index contributed by atoms with van der Waals surface area (Å²) < 4.78 is 0. The molecule has 0 saturated carbocycles. The van der Waals surface area contributed by atoms with Crippen molar-refractivity contribution in [3.63, 3.8) is 0 Å². The molecule has 2 aromatic carbocycles. The van der Waals surface area contributed by atoms with Gasteiger partial charge in [-0.15, -0.1) is 11.3 Å². The van der Waals surface area contributed by atoms with Crippen molar-refractivity contribution in [3.8, 4) is 0 Å². The van der Waals surface area contributed by atoms with E-state index < -0.39 is 0 Å². The van der Waals surface area contributed by atoms with E-state index in [0.717, 1.165) is 17.9 Å². The molecule has 0 bridgehead atoms. The third-order valence-electron chi connectivity index (χ3n) is 4.57. The zero-order chi connectivity index (χ0) is 20.8. The van der Waals surface area contributed by atoms with E-state index >= 15 is 0 Å². The van der Waals surface area contributed by atoms with Crippen molar-refractivity contribution >= 4 is 40.2 Å². The molecular weight excluding hydrogens is 382 g/mol. The van der Waals surface area contributed by atoms with Gasteiger partial charge in [0.1, 0.15) is 0 Å². The normalized spacial score (nSPS) is 10.6. The van der Waals surface area contributed by atoms with E-state index in [1.165, 1.54) is 11.3 Å². The summed E-state index contributed by atoms with van der Waals surface area (Å²) in [4.78, 5) is 27.5. The van der Waals surface area contributed by atoms with Gasteiger partial charge in [-0.3, -0.25) is 9.59 Å². The number of benzene rings is 2. The summed E-state index contributed by atoms with van der Waals surface area (Å²) in [7, 11) is 0. The quantitative estimate of drug-likeness (QED) is 0.545. The summed E-state index contributed by atoms with van der Waals surface area (Å²) in [6.45, 7) is 7.37. The average Bonchev–Trinajstić information content (AvgIpc) is 3.25. The van der Waals surface area contributed by atoms with Crippen LogP contribution in [0.1, 0.15) is 40.8 Å². The number of hydrogen-bond donors (Lipinski definition) is 2. The Morgan fingerprint density at radius 1 is 0.897 bits per heavy atom. The third kappa shape index (κ3) is 5.23. The highest BCUT2D eigenvalue weighted by Gasteiger charge is 2.11. The number of carbonyl (C=O) groups excluding carboxylic acids is 2. The second-order valence-electron chi connectivity index (χ2n) is 6.89. The molecule has 3 aromatic rings. The van der Waals surface area contributed by atoms with Gasteiger partial charge in [-0.25, -0.2) is 0 Å². The molecule has 150 valence electrons. The Hall–Kier alpha value is -3.12. The highest BCUT2D eigenvalue weighted by Crippen LogP contribution is 2.21. The molecule has 0 fully saturated rings. The standard InChI is InChI=1S/C23H25N3O2S/c1-4-26(16(2)3)20-13-11-19(12-14-20)24-22(27)17-7-9-18(10-8-17)25-23(28)21-6-5-15-29-21/h5-16H,4H2,1-3H3,(H,24,27)(H,25,28). The summed E-state index contributed by atoms with van der Waals surface area (Å²) >= 11 is 1.39. The minimum absolute atomic E-state index is 0.153. The van der Waals surface area contributed by atoms with Crippen LogP contribution in [-0.4, -0.2) is 24.4 Å². The number of amides is 2. The number of nitrogens with one attached hydrogen (secondary N) is 2. The van der Waals surface area contributed by atoms with Gasteiger partial charge < -0.3 is 15.5 Å². The fraction of sp³-hybridized carbons (Fsp3) is 0.217. The van der Waals surface area contributed by atoms with Gasteiger partial charge in [0.05, 0.1) is 4.88 Å². The van der Waals surface area contributed by atoms with Crippen LogP contribution in [0.2, 0.25) is 0 Å². The van der Waals surface area contributed by atoms with E-state index in [1.54, 1.807) is 30.3 Å². The molecule has 5 nitrogen and oxygen atoms in total. The van der Waals surface area contributed by atoms with Crippen LogP contribution in [0.25, 0.3) is 0 Å². The predicted octanol–water partition coefficient (Wildman–Crippen LogP) is 5.49. The van der Waals surface area contributed by atoms with Crippen molar-refractivity contribution in [1.29, 1.82) is 0 Å². The number of nitrogens with zero attached hydrogens (tertiary/aromatic N) is 1. The van der Waals surface area contributed by atoms with Crippen molar-refractivity contribution in [2.45, 2.75) is 26.8 Å². The van der Waals surface area contributed by atoms with Crippen molar-refractivity contribution in [2.24, 2.45) is 0 Å². The van der Waals surface area contributed by atoms with Crippen molar-refractivity contribution in [2.75, 3.05) is 22.1 Å². The second kappa shape index (κ2) is 9.39. The Bertz CT molecular complexity index is 949. The molecule has 1 heterocycles. The van der Waals surface area contributed by atoms with Crippen LogP contribution in [0.5, 0.6) is 0 Å². The molecule has 6 heteroatoms. The molecule has 0 radical (unpaired) electrons. The van der Waals surface area contributed by atoms with Crippen molar-refractivity contribution in [1.82, 2.24) is 0 Å². The van der Waals surface area contributed by atoms with E-state index in [4.69, 9.17) is 0 Å². The summed E-state index contributed by atoms with van der Waals surface area (Å²) in [6, 6.07) is 18.7. The molecule has 2 N–H and O–H groups in total. The molecular formula is C23H25N3O2S. The first-order chi connectivity index (χ1) is 14.0. The average molecular weight is 408 g/mol. The lowest BCUT2D eigenvalue weighted by Crippen LogP contribution is -2.30. The lowest BCUT2D eigenvalue weighted by molar-refractivity contribution is 0.102. The molecule has 0 aliphatic carbocycles. The summed E-state index contributed by atoms with van der Waals surface area (Å²) in [5.74, 6) is -0.343. The Kier molecular flexibility index (Phi) is 6.67. The summed E-state index contributed by atoms with van der Waals surface area (Å²) in [6.07, 6.45) is 0. The molecule has 0 aliphatic heterocycles. The van der Waals surface area contributed by atoms with Gasteiger partial charge in [-0.05, 0) is 80.7 Å². The van der Waals surface area contributed by atoms with E-state index in [1.807, 2.05) is 35.7 Å². The lowest BCUT2D eigenvalue weighted by Gasteiger charge is -2.27. The Labute approximate surface area is 175 Å². The topological polar surface area (TPSA) is 61.4 Å². The lowest BCUT2D eigenvalue weighted by atomic mass is 10.1. The first kappa shape index (κ1) is 20.6. The van der Waals surface area contributed by atoms with Gasteiger partial charge in [0.25, 0.3) is 11.8 Å². The largest absolute Gasteiger partial charge is 0.369 e. The maximum absolute atomic E-state index is 12.5. The van der Waals surface area contributed by atoms with Crippen LogP contribution in [0.15, 0.2) is 66.0 Å². The summed E-state index contributed by atoms with van der Waals surface area (Å²) in [5, 5.41) is 7.60. The fourth-order valence-electron chi connectivity index (χ4n) is 3.09. The van der Waals surface area contributed by atoms with Crippen molar-refractivity contribution < 1.29 is 9.59 Å². The zero-order valence-corrected chi connectivity index (χ0v) is 17.6. The van der Waals surface area contributed by atoms with Crippen LogP contribution in [0.4, 0.5) is 17.1 Å². The van der Waals surface area contributed by atoms with Crippen LogP contribution >= 0.6 is 11.3 Å². The Morgan fingerprint density at radius 2 is 1.48 bits per heavy atom. The van der Waals surface area contributed by atoms with Crippen molar-refractivity contribution in [3.05, 3.63) is 76.5 Å². The van der Waals surface area contributed by atoms with Gasteiger partial charge in [0.2, 0.25) is 0 Å². The minimum atomic E-state index is -0.190. The monoisotopic (exact) mass is 407 g/mol. The van der Waals surface area contributed by atoms with Crippen LogP contribution in [0, 0.1) is 0 Å². The number of thiophene rings is 1. The summed E-state index contributed by atoms with van der Waals surface area (Å²) in [5.41, 5.74) is 3.05. The predicted molar refractivity (Wildman–Crippen MR) is 121 cm³/mol. The first-order valence-electron chi connectivity index (χ1n) is 9.61. The maximum Gasteiger partial charge on any atom is 0.265 e. The third-order valence-corrected chi connectivity index (χ3v) is 5.44. The van der Waals surface area contributed by atoms with Gasteiger partial charge >= 0.3 is 0 Å². The molecule has 0 atom stereocenters. The number of hydrogen-bond acceptors (Lipinski definition) is 4. The van der Waals surface area contributed by atoms with Crippen LogP contribution in [0.3, 0.4) is 0 Å². The number of carbonyl (C=O) groups is 2.